The second-order valence-corrected chi connectivity index (χ2v) is 5.32. The second kappa shape index (κ2) is 4.78. The van der Waals surface area contributed by atoms with Crippen LogP contribution in [0.25, 0.3) is 0 Å². The summed E-state index contributed by atoms with van der Waals surface area (Å²) >= 11 is 3.35. The minimum atomic E-state index is -0.0422. The summed E-state index contributed by atoms with van der Waals surface area (Å²) in [5.41, 5.74) is 0.466. The van der Waals surface area contributed by atoms with E-state index in [4.69, 9.17) is 4.74 Å². The average Bonchev–Trinajstić information content (AvgIpc) is 2.55. The van der Waals surface area contributed by atoms with Crippen molar-refractivity contribution in [2.45, 2.75) is 26.1 Å². The van der Waals surface area contributed by atoms with E-state index in [-0.39, 0.29) is 18.1 Å². The summed E-state index contributed by atoms with van der Waals surface area (Å²) in [5.74, 6) is -0.0422. The molecule has 1 saturated heterocycles. The number of morpholine rings is 1. The molecule has 0 bridgehead atoms. The first-order valence-electron chi connectivity index (χ1n) is 5.61. The number of ether oxygens (including phenoxy) is 1. The highest BCUT2D eigenvalue weighted by Crippen LogP contribution is 2.19. The maximum Gasteiger partial charge on any atom is 0.275 e. The van der Waals surface area contributed by atoms with Crippen LogP contribution in [-0.4, -0.2) is 45.9 Å². The van der Waals surface area contributed by atoms with Gasteiger partial charge in [-0.2, -0.15) is 5.10 Å². The number of aromatic nitrogens is 2. The normalized spacial score (nSPS) is 25.1. The molecule has 0 N–H and O–H groups in total. The van der Waals surface area contributed by atoms with Gasteiger partial charge in [0.2, 0.25) is 0 Å². The molecule has 1 fully saturated rings. The number of amides is 1. The first-order chi connectivity index (χ1) is 7.97. The molecular weight excluding hydrogens is 286 g/mol. The van der Waals surface area contributed by atoms with Crippen LogP contribution in [0, 0.1) is 0 Å². The van der Waals surface area contributed by atoms with E-state index < -0.39 is 0 Å². The summed E-state index contributed by atoms with van der Waals surface area (Å²) in [6, 6.07) is 0. The van der Waals surface area contributed by atoms with Crippen LogP contribution in [0.1, 0.15) is 24.3 Å². The van der Waals surface area contributed by atoms with Crippen LogP contribution >= 0.6 is 15.9 Å². The third-order valence-electron chi connectivity index (χ3n) is 2.69. The Morgan fingerprint density at radius 1 is 1.47 bits per heavy atom. The lowest BCUT2D eigenvalue weighted by Gasteiger charge is -2.34. The molecule has 2 atom stereocenters. The van der Waals surface area contributed by atoms with Crippen molar-refractivity contribution in [2.24, 2.45) is 7.05 Å². The zero-order valence-electron chi connectivity index (χ0n) is 10.2. The largest absolute Gasteiger partial charge is 0.372 e. The number of nitrogens with zero attached hydrogens (tertiary/aromatic N) is 3. The fourth-order valence-electron chi connectivity index (χ4n) is 2.10. The molecule has 6 heteroatoms. The van der Waals surface area contributed by atoms with Gasteiger partial charge in [0.05, 0.1) is 16.7 Å². The SMILES string of the molecule is C[C@@H]1CN(C(=O)c2nn(C)cc2Br)C[C@H](C)O1. The standard InChI is InChI=1S/C11H16BrN3O2/c1-7-4-15(5-8(2)17-7)11(16)10-9(12)6-14(3)13-10/h6-8H,4-5H2,1-3H3/t7-,8+. The maximum absolute atomic E-state index is 12.3. The summed E-state index contributed by atoms with van der Waals surface area (Å²) in [5, 5.41) is 4.17. The first-order valence-corrected chi connectivity index (χ1v) is 6.40. The monoisotopic (exact) mass is 301 g/mol. The predicted octanol–water partition coefficient (Wildman–Crippen LogP) is 1.43. The van der Waals surface area contributed by atoms with E-state index in [0.717, 1.165) is 4.47 Å². The van der Waals surface area contributed by atoms with E-state index >= 15 is 0 Å². The summed E-state index contributed by atoms with van der Waals surface area (Å²) < 4.78 is 7.97. The van der Waals surface area contributed by atoms with Gasteiger partial charge < -0.3 is 9.64 Å². The Morgan fingerprint density at radius 3 is 2.53 bits per heavy atom. The Hall–Kier alpha value is -0.880. The summed E-state index contributed by atoms with van der Waals surface area (Å²) in [6.45, 7) is 5.19. The Morgan fingerprint density at radius 2 is 2.06 bits per heavy atom. The second-order valence-electron chi connectivity index (χ2n) is 4.47. The van der Waals surface area contributed by atoms with E-state index in [9.17, 15) is 4.79 Å². The lowest BCUT2D eigenvalue weighted by atomic mass is 10.2. The van der Waals surface area contributed by atoms with E-state index in [1.165, 1.54) is 0 Å². The van der Waals surface area contributed by atoms with Crippen molar-refractivity contribution >= 4 is 21.8 Å². The van der Waals surface area contributed by atoms with Gasteiger partial charge in [0.15, 0.2) is 5.69 Å². The number of carbonyl (C=O) groups excluding carboxylic acids is 1. The molecular formula is C11H16BrN3O2. The van der Waals surface area contributed by atoms with Crippen LogP contribution in [-0.2, 0) is 11.8 Å². The van der Waals surface area contributed by atoms with Gasteiger partial charge in [0, 0.05) is 26.3 Å². The van der Waals surface area contributed by atoms with Crippen molar-refractivity contribution in [1.29, 1.82) is 0 Å². The van der Waals surface area contributed by atoms with Crippen molar-refractivity contribution < 1.29 is 9.53 Å². The molecule has 0 aromatic carbocycles. The van der Waals surface area contributed by atoms with Gasteiger partial charge in [0.1, 0.15) is 0 Å². The van der Waals surface area contributed by atoms with Crippen LogP contribution in [0.2, 0.25) is 0 Å². The molecule has 1 aliphatic rings. The van der Waals surface area contributed by atoms with Crippen molar-refractivity contribution in [3.05, 3.63) is 16.4 Å². The summed E-state index contributed by atoms with van der Waals surface area (Å²) in [4.78, 5) is 14.1. The summed E-state index contributed by atoms with van der Waals surface area (Å²) in [6.07, 6.45) is 1.93. The Balaban J connectivity index is 2.17. The fraction of sp³-hybridized carbons (Fsp3) is 0.636. The lowest BCUT2D eigenvalue weighted by Crippen LogP contribution is -2.48. The van der Waals surface area contributed by atoms with Crippen LogP contribution in [0.3, 0.4) is 0 Å². The smallest absolute Gasteiger partial charge is 0.275 e. The molecule has 0 aliphatic carbocycles. The predicted molar refractivity (Wildman–Crippen MR) is 66.8 cm³/mol. The van der Waals surface area contributed by atoms with E-state index in [1.807, 2.05) is 13.8 Å². The number of hydrogen-bond donors (Lipinski definition) is 0. The van der Waals surface area contributed by atoms with Gasteiger partial charge in [-0.1, -0.05) is 0 Å². The van der Waals surface area contributed by atoms with E-state index in [2.05, 4.69) is 21.0 Å². The van der Waals surface area contributed by atoms with Crippen LogP contribution in [0.15, 0.2) is 10.7 Å². The van der Waals surface area contributed by atoms with Gasteiger partial charge in [-0.25, -0.2) is 0 Å². The lowest BCUT2D eigenvalue weighted by molar-refractivity contribution is -0.0587. The van der Waals surface area contributed by atoms with Crippen molar-refractivity contribution in [2.75, 3.05) is 13.1 Å². The molecule has 2 rings (SSSR count). The molecule has 1 aromatic rings. The average molecular weight is 302 g/mol. The molecule has 1 aliphatic heterocycles. The first kappa shape index (κ1) is 12.6. The summed E-state index contributed by atoms with van der Waals surface area (Å²) in [7, 11) is 1.80. The number of rotatable bonds is 1. The van der Waals surface area contributed by atoms with Crippen molar-refractivity contribution in [3.8, 4) is 0 Å². The number of halogens is 1. The third kappa shape index (κ3) is 2.69. The maximum atomic E-state index is 12.3. The molecule has 5 nitrogen and oxygen atoms in total. The Labute approximate surface area is 109 Å². The Kier molecular flexibility index (Phi) is 3.53. The fourth-order valence-corrected chi connectivity index (χ4v) is 2.64. The van der Waals surface area contributed by atoms with Gasteiger partial charge in [0.25, 0.3) is 5.91 Å². The highest BCUT2D eigenvalue weighted by atomic mass is 79.9. The Bertz CT molecular complexity index is 422. The molecule has 0 unspecified atom stereocenters. The molecule has 94 valence electrons. The topological polar surface area (TPSA) is 47.4 Å². The molecule has 1 amide bonds. The van der Waals surface area contributed by atoms with Crippen LogP contribution in [0.4, 0.5) is 0 Å². The van der Waals surface area contributed by atoms with Crippen LogP contribution < -0.4 is 0 Å². The zero-order chi connectivity index (χ0) is 12.6. The van der Waals surface area contributed by atoms with Gasteiger partial charge >= 0.3 is 0 Å². The zero-order valence-corrected chi connectivity index (χ0v) is 11.8. The van der Waals surface area contributed by atoms with E-state index in [1.54, 1.807) is 22.8 Å². The van der Waals surface area contributed by atoms with Crippen molar-refractivity contribution in [1.82, 2.24) is 14.7 Å². The minimum Gasteiger partial charge on any atom is -0.372 e. The molecule has 0 radical (unpaired) electrons. The molecule has 0 spiro atoms. The molecule has 1 aromatic heterocycles. The molecule has 17 heavy (non-hydrogen) atoms. The number of carbonyl (C=O) groups is 1. The quantitative estimate of drug-likeness (QED) is 0.788. The van der Waals surface area contributed by atoms with Gasteiger partial charge in [-0.3, -0.25) is 9.48 Å². The van der Waals surface area contributed by atoms with Crippen molar-refractivity contribution in [3.63, 3.8) is 0 Å². The molecule has 0 saturated carbocycles. The molecule has 2 heterocycles. The minimum absolute atomic E-state index is 0.0422. The number of aryl methyl sites for hydroxylation is 1. The van der Waals surface area contributed by atoms with E-state index in [0.29, 0.717) is 18.8 Å². The van der Waals surface area contributed by atoms with Crippen LogP contribution in [0.5, 0.6) is 0 Å². The van der Waals surface area contributed by atoms with Gasteiger partial charge in [-0.05, 0) is 29.8 Å². The van der Waals surface area contributed by atoms with Gasteiger partial charge in [-0.15, -0.1) is 0 Å². The number of hydrogen-bond acceptors (Lipinski definition) is 3. The third-order valence-corrected chi connectivity index (χ3v) is 3.27. The highest BCUT2D eigenvalue weighted by Gasteiger charge is 2.28. The highest BCUT2D eigenvalue weighted by molar-refractivity contribution is 9.10.